The van der Waals surface area contributed by atoms with Crippen molar-refractivity contribution >= 4 is 21.7 Å². The van der Waals surface area contributed by atoms with Crippen molar-refractivity contribution in [2.45, 2.75) is 0 Å². The van der Waals surface area contributed by atoms with Gasteiger partial charge in [0.1, 0.15) is 5.69 Å². The highest BCUT2D eigenvalue weighted by Crippen LogP contribution is 2.17. The van der Waals surface area contributed by atoms with Gasteiger partial charge in [-0.3, -0.25) is 9.48 Å². The van der Waals surface area contributed by atoms with Gasteiger partial charge in [0.25, 0.3) is 0 Å². The number of nitrogens with zero attached hydrogens (tertiary/aromatic N) is 4. The summed E-state index contributed by atoms with van der Waals surface area (Å²) in [5.74, 6) is -0.217. The molecule has 6 nitrogen and oxygen atoms in total. The second-order valence-electron chi connectivity index (χ2n) is 2.65. The lowest BCUT2D eigenvalue weighted by atomic mass is 10.2. The van der Waals surface area contributed by atoms with Gasteiger partial charge in [-0.05, 0) is 15.9 Å². The van der Waals surface area contributed by atoms with Crippen LogP contribution in [0.1, 0.15) is 16.2 Å². The number of ketones is 1. The van der Waals surface area contributed by atoms with Crippen LogP contribution in [0, 0.1) is 0 Å². The van der Waals surface area contributed by atoms with Crippen molar-refractivity contribution in [2.24, 2.45) is 7.05 Å². The van der Waals surface area contributed by atoms with Crippen molar-refractivity contribution in [3.63, 3.8) is 0 Å². The van der Waals surface area contributed by atoms with Crippen LogP contribution >= 0.6 is 15.9 Å². The maximum absolute atomic E-state index is 11.8. The topological polar surface area (TPSA) is 76.5 Å². The van der Waals surface area contributed by atoms with Gasteiger partial charge in [-0.1, -0.05) is 0 Å². The Morgan fingerprint density at radius 3 is 2.86 bits per heavy atom. The fourth-order valence-electron chi connectivity index (χ4n) is 1.10. The molecule has 0 unspecified atom stereocenters. The van der Waals surface area contributed by atoms with Crippen LogP contribution in [0.2, 0.25) is 0 Å². The number of halogens is 1. The number of hydrogen-bond acceptors (Lipinski definition) is 4. The Bertz CT molecular complexity index is 441. The van der Waals surface area contributed by atoms with Gasteiger partial charge in [0.2, 0.25) is 5.78 Å². The van der Waals surface area contributed by atoms with E-state index in [9.17, 15) is 4.79 Å². The number of carbonyl (C=O) groups is 1. The van der Waals surface area contributed by atoms with E-state index >= 15 is 0 Å². The molecule has 0 amide bonds. The van der Waals surface area contributed by atoms with E-state index in [1.54, 1.807) is 13.2 Å². The molecular formula is C7H6BrN5O. The van der Waals surface area contributed by atoms with Gasteiger partial charge in [0, 0.05) is 7.05 Å². The van der Waals surface area contributed by atoms with Gasteiger partial charge in [-0.15, -0.1) is 0 Å². The average Bonchev–Trinajstić information content (AvgIpc) is 2.75. The molecule has 0 aliphatic carbocycles. The lowest BCUT2D eigenvalue weighted by Crippen LogP contribution is -2.09. The first kappa shape index (κ1) is 9.07. The number of aryl methyl sites for hydroxylation is 1. The molecule has 72 valence electrons. The quantitative estimate of drug-likeness (QED) is 0.795. The summed E-state index contributed by atoms with van der Waals surface area (Å²) in [5, 5.41) is 13.6. The number of H-pyrrole nitrogens is 1. The molecule has 0 aliphatic rings. The molecule has 2 rings (SSSR count). The first-order valence-electron chi connectivity index (χ1n) is 3.78. The minimum atomic E-state index is -0.217. The third-order valence-corrected chi connectivity index (χ3v) is 2.34. The smallest absolute Gasteiger partial charge is 0.234 e. The van der Waals surface area contributed by atoms with E-state index in [-0.39, 0.29) is 11.5 Å². The molecule has 1 N–H and O–H groups in total. The zero-order chi connectivity index (χ0) is 10.1. The molecule has 0 aliphatic heterocycles. The summed E-state index contributed by atoms with van der Waals surface area (Å²) in [6, 6.07) is 0. The molecule has 0 saturated heterocycles. The Morgan fingerprint density at radius 2 is 2.36 bits per heavy atom. The summed E-state index contributed by atoms with van der Waals surface area (Å²) in [6.45, 7) is 0. The number of rotatable bonds is 2. The largest absolute Gasteiger partial charge is 0.285 e. The highest BCUT2D eigenvalue weighted by Gasteiger charge is 2.18. The SMILES string of the molecule is Cn1ncc(Br)c1C(=O)c1cn[nH]n1. The molecule has 2 heterocycles. The Balaban J connectivity index is 2.46. The highest BCUT2D eigenvalue weighted by molar-refractivity contribution is 9.10. The fourth-order valence-corrected chi connectivity index (χ4v) is 1.63. The lowest BCUT2D eigenvalue weighted by molar-refractivity contribution is 0.102. The standard InChI is InChI=1S/C7H6BrN5O/c1-13-6(4(8)2-10-13)7(14)5-3-9-12-11-5/h2-3H,1H3,(H,9,11,12). The number of hydrogen-bond donors (Lipinski definition) is 1. The second-order valence-corrected chi connectivity index (χ2v) is 3.50. The van der Waals surface area contributed by atoms with Gasteiger partial charge >= 0.3 is 0 Å². The summed E-state index contributed by atoms with van der Waals surface area (Å²) in [4.78, 5) is 11.8. The van der Waals surface area contributed by atoms with E-state index in [0.29, 0.717) is 10.2 Å². The summed E-state index contributed by atoms with van der Waals surface area (Å²) in [7, 11) is 1.69. The first-order chi connectivity index (χ1) is 6.70. The zero-order valence-corrected chi connectivity index (χ0v) is 8.82. The van der Waals surface area contributed by atoms with E-state index in [4.69, 9.17) is 0 Å². The predicted molar refractivity (Wildman–Crippen MR) is 50.7 cm³/mol. The third kappa shape index (κ3) is 1.35. The summed E-state index contributed by atoms with van der Waals surface area (Å²) < 4.78 is 2.13. The Morgan fingerprint density at radius 1 is 1.57 bits per heavy atom. The van der Waals surface area contributed by atoms with Gasteiger partial charge in [0.15, 0.2) is 5.69 Å². The van der Waals surface area contributed by atoms with E-state index in [1.807, 2.05) is 0 Å². The fraction of sp³-hybridized carbons (Fsp3) is 0.143. The van der Waals surface area contributed by atoms with E-state index in [0.717, 1.165) is 0 Å². The van der Waals surface area contributed by atoms with Crippen molar-refractivity contribution in [1.29, 1.82) is 0 Å². The number of aromatic nitrogens is 5. The first-order valence-corrected chi connectivity index (χ1v) is 4.57. The van der Waals surface area contributed by atoms with E-state index < -0.39 is 0 Å². The lowest BCUT2D eigenvalue weighted by Gasteiger charge is -1.97. The molecule has 14 heavy (non-hydrogen) atoms. The Kier molecular flexibility index (Phi) is 2.16. The minimum absolute atomic E-state index is 0.217. The zero-order valence-electron chi connectivity index (χ0n) is 7.23. The van der Waals surface area contributed by atoms with Crippen molar-refractivity contribution in [3.8, 4) is 0 Å². The maximum atomic E-state index is 11.8. The average molecular weight is 256 g/mol. The van der Waals surface area contributed by atoms with Crippen LogP contribution in [-0.4, -0.2) is 31.0 Å². The maximum Gasteiger partial charge on any atom is 0.234 e. The number of carbonyl (C=O) groups excluding carboxylic acids is 1. The van der Waals surface area contributed by atoms with Crippen molar-refractivity contribution < 1.29 is 4.79 Å². The molecule has 0 bridgehead atoms. The molecule has 7 heteroatoms. The van der Waals surface area contributed by atoms with Crippen molar-refractivity contribution in [3.05, 3.63) is 28.3 Å². The van der Waals surface area contributed by atoms with Crippen LogP contribution in [0.3, 0.4) is 0 Å². The van der Waals surface area contributed by atoms with Crippen molar-refractivity contribution in [1.82, 2.24) is 25.2 Å². The second kappa shape index (κ2) is 3.33. The van der Waals surface area contributed by atoms with Gasteiger partial charge in [-0.2, -0.15) is 20.5 Å². The summed E-state index contributed by atoms with van der Waals surface area (Å²) in [5.41, 5.74) is 0.730. The molecule has 2 aromatic heterocycles. The van der Waals surface area contributed by atoms with Gasteiger partial charge in [-0.25, -0.2) is 0 Å². The molecule has 0 fully saturated rings. The number of nitrogens with one attached hydrogen (secondary N) is 1. The van der Waals surface area contributed by atoms with Crippen LogP contribution in [0.25, 0.3) is 0 Å². The molecule has 0 radical (unpaired) electrons. The Labute approximate surface area is 87.4 Å². The third-order valence-electron chi connectivity index (χ3n) is 1.76. The minimum Gasteiger partial charge on any atom is -0.285 e. The normalized spacial score (nSPS) is 10.4. The number of aromatic amines is 1. The van der Waals surface area contributed by atoms with E-state index in [1.165, 1.54) is 10.9 Å². The molecule has 0 atom stereocenters. The summed E-state index contributed by atoms with van der Waals surface area (Å²) in [6.07, 6.45) is 2.94. The molecule has 0 saturated carbocycles. The van der Waals surface area contributed by atoms with Crippen LogP contribution in [-0.2, 0) is 7.05 Å². The van der Waals surface area contributed by atoms with Crippen LogP contribution < -0.4 is 0 Å². The molecule has 2 aromatic rings. The van der Waals surface area contributed by atoms with E-state index in [2.05, 4.69) is 36.4 Å². The predicted octanol–water partition coefficient (Wildman–Crippen LogP) is 0.532. The molecule has 0 spiro atoms. The Hall–Kier alpha value is -1.50. The monoisotopic (exact) mass is 255 g/mol. The molecular weight excluding hydrogens is 250 g/mol. The van der Waals surface area contributed by atoms with Crippen molar-refractivity contribution in [2.75, 3.05) is 0 Å². The molecule has 0 aromatic carbocycles. The van der Waals surface area contributed by atoms with Gasteiger partial charge in [0.05, 0.1) is 16.9 Å². The van der Waals surface area contributed by atoms with Crippen LogP contribution in [0.4, 0.5) is 0 Å². The summed E-state index contributed by atoms with van der Waals surface area (Å²) >= 11 is 3.24. The highest BCUT2D eigenvalue weighted by atomic mass is 79.9. The van der Waals surface area contributed by atoms with Crippen LogP contribution in [0.15, 0.2) is 16.9 Å². The van der Waals surface area contributed by atoms with Crippen LogP contribution in [0.5, 0.6) is 0 Å². The van der Waals surface area contributed by atoms with Gasteiger partial charge < -0.3 is 0 Å².